The Hall–Kier alpha value is 0.226. The van der Waals surface area contributed by atoms with Crippen LogP contribution >= 0.6 is 0 Å². The number of hydrogen-bond acceptors (Lipinski definition) is 4. The van der Waals surface area contributed by atoms with Crippen molar-refractivity contribution < 1.29 is 91.6 Å². The van der Waals surface area contributed by atoms with Crippen LogP contribution in [0, 0.1) is 0 Å². The number of carbonyl (C=O) groups is 4. The van der Waals surface area contributed by atoms with Crippen molar-refractivity contribution in [2.45, 2.75) is 0 Å². The molecule has 0 bridgehead atoms. The Morgan fingerprint density at radius 3 is 0.875 bits per heavy atom. The summed E-state index contributed by atoms with van der Waals surface area (Å²) in [4.78, 5) is 37.8. The van der Waals surface area contributed by atoms with E-state index in [9.17, 15) is 19.2 Å². The average Bonchev–Trinajstić information content (AvgIpc) is 2.21. The average molecular weight is 429 g/mol. The van der Waals surface area contributed by atoms with Crippen molar-refractivity contribution in [3.8, 4) is 0 Å². The zero-order valence-corrected chi connectivity index (χ0v) is 14.1. The van der Waals surface area contributed by atoms with Crippen LogP contribution in [0.3, 0.4) is 0 Å². The van der Waals surface area contributed by atoms with Gasteiger partial charge in [-0.05, 0) is 0 Å². The van der Waals surface area contributed by atoms with Gasteiger partial charge in [0.1, 0.15) is 0 Å². The third-order valence-corrected chi connectivity index (χ3v) is 3.10. The van der Waals surface area contributed by atoms with Gasteiger partial charge in [-0.3, -0.25) is 0 Å². The smallest absolute Gasteiger partial charge is 1.00 e. The van der Waals surface area contributed by atoms with Crippen molar-refractivity contribution in [1.29, 1.82) is 0 Å². The summed E-state index contributed by atoms with van der Waals surface area (Å²) >= 11 is -2.11. The Kier molecular flexibility index (Phi) is 46.3. The normalized spacial score (nSPS) is 5.00. The van der Waals surface area contributed by atoms with Crippen molar-refractivity contribution in [2.24, 2.45) is 0 Å². The first kappa shape index (κ1) is 25.2. The predicted octanol–water partition coefficient (Wildman–Crippen LogP) is -9.21. The zero-order valence-electron chi connectivity index (χ0n) is 7.70. The van der Waals surface area contributed by atoms with Gasteiger partial charge in [-0.25, -0.2) is 0 Å². The summed E-state index contributed by atoms with van der Waals surface area (Å²) in [5.74, 6) is 0. The number of amides is 4. The molecule has 4 amide bonds. The van der Waals surface area contributed by atoms with Gasteiger partial charge in [0, 0.05) is 0 Å². The Balaban J connectivity index is -0.0000000800. The van der Waals surface area contributed by atoms with E-state index in [1.807, 2.05) is 0 Å². The summed E-state index contributed by atoms with van der Waals surface area (Å²) in [5.41, 5.74) is 0. The molecule has 0 aliphatic carbocycles. The van der Waals surface area contributed by atoms with Crippen LogP contribution in [0.25, 0.3) is 0 Å². The molecule has 0 aromatic rings. The fourth-order valence-electron chi connectivity index (χ4n) is 0.201. The van der Waals surface area contributed by atoms with Crippen LogP contribution in [0.2, 0.25) is 0 Å². The largest absolute Gasteiger partial charge is 1.00 e. The van der Waals surface area contributed by atoms with Crippen LogP contribution in [0.4, 0.5) is 0 Å². The maximum absolute atomic E-state index is 9.46. The molecule has 12 heteroatoms. The first-order valence-corrected chi connectivity index (χ1v) is 8.01. The molecule has 0 rings (SSSR count). The summed E-state index contributed by atoms with van der Waals surface area (Å²) < 4.78 is 9.59. The molecule has 90 valence electrons. The minimum absolute atomic E-state index is 0. The predicted molar refractivity (Wildman–Crippen MR) is 36.8 cm³/mol. The zero-order chi connectivity index (χ0) is 11.1. The minimum Gasteiger partial charge on any atom is -1.00 e. The molecule has 0 fully saturated rings. The van der Waals surface area contributed by atoms with Crippen LogP contribution in [0.1, 0.15) is 0 Å². The molecule has 0 aliphatic heterocycles. The third kappa shape index (κ3) is 36.8. The molecular formula is C4H8Cl2N4O4Zr2. The fourth-order valence-corrected chi connectivity index (χ4v) is 1.19. The SMILES string of the molecule is O=C[NH][Zr+][NH]C=O.O=C[NH][Zr+][NH]C=O.[Cl-].[Cl-]. The van der Waals surface area contributed by atoms with Crippen LogP contribution < -0.4 is 37.9 Å². The quantitative estimate of drug-likeness (QED) is 0.227. The maximum atomic E-state index is 9.46. The summed E-state index contributed by atoms with van der Waals surface area (Å²) in [6.07, 6.45) is 2.34. The number of halogens is 2. The van der Waals surface area contributed by atoms with E-state index in [1.165, 1.54) is 0 Å². The van der Waals surface area contributed by atoms with Gasteiger partial charge in [-0.1, -0.05) is 0 Å². The Bertz CT molecular complexity index is 144. The van der Waals surface area contributed by atoms with Crippen LogP contribution in [0.15, 0.2) is 0 Å². The molecule has 0 aliphatic rings. The molecule has 0 unspecified atom stereocenters. The molecular weight excluding hydrogens is 421 g/mol. The van der Waals surface area contributed by atoms with Crippen molar-refractivity contribution >= 4 is 25.6 Å². The minimum atomic E-state index is -1.05. The number of nitrogens with one attached hydrogen (secondary N) is 4. The van der Waals surface area contributed by atoms with Crippen molar-refractivity contribution in [2.75, 3.05) is 0 Å². The Labute approximate surface area is 129 Å². The summed E-state index contributed by atoms with van der Waals surface area (Å²) in [7, 11) is 0. The topological polar surface area (TPSA) is 116 Å². The van der Waals surface area contributed by atoms with E-state index in [2.05, 4.69) is 13.0 Å². The first-order chi connectivity index (χ1) is 6.83. The van der Waals surface area contributed by atoms with E-state index in [0.717, 1.165) is 0 Å². The van der Waals surface area contributed by atoms with Gasteiger partial charge in [0.05, 0.1) is 0 Å². The van der Waals surface area contributed by atoms with E-state index < -0.39 is 47.6 Å². The molecule has 4 N–H and O–H groups in total. The van der Waals surface area contributed by atoms with Gasteiger partial charge in [-0.2, -0.15) is 0 Å². The Morgan fingerprint density at radius 2 is 0.750 bits per heavy atom. The number of hydrogen-bond donors (Lipinski definition) is 4. The fraction of sp³-hybridized carbons (Fsp3) is 0. The van der Waals surface area contributed by atoms with Gasteiger partial charge in [0.2, 0.25) is 0 Å². The summed E-state index contributed by atoms with van der Waals surface area (Å²) in [5, 5.41) is 0. The molecule has 0 radical (unpaired) electrons. The first-order valence-electron chi connectivity index (χ1n) is 3.10. The van der Waals surface area contributed by atoms with Crippen molar-refractivity contribution in [3.05, 3.63) is 0 Å². The van der Waals surface area contributed by atoms with Gasteiger partial charge in [0.15, 0.2) is 0 Å². The van der Waals surface area contributed by atoms with E-state index in [4.69, 9.17) is 0 Å². The molecule has 0 atom stereocenters. The molecule has 0 aromatic carbocycles. The van der Waals surface area contributed by atoms with Gasteiger partial charge < -0.3 is 24.8 Å². The second-order valence-corrected chi connectivity index (χ2v) is 5.37. The van der Waals surface area contributed by atoms with Gasteiger partial charge >= 0.3 is 105 Å². The van der Waals surface area contributed by atoms with Crippen molar-refractivity contribution in [1.82, 2.24) is 13.0 Å². The number of carbonyl (C=O) groups excluding carboxylic acids is 4. The monoisotopic (exact) mass is 426 g/mol. The van der Waals surface area contributed by atoms with E-state index in [0.29, 0.717) is 25.6 Å². The van der Waals surface area contributed by atoms with Crippen LogP contribution in [-0.2, 0) is 66.8 Å². The summed E-state index contributed by atoms with van der Waals surface area (Å²) in [6, 6.07) is 0. The molecule has 0 heterocycles. The molecule has 0 aromatic heterocycles. The molecule has 0 saturated heterocycles. The molecule has 8 nitrogen and oxygen atoms in total. The van der Waals surface area contributed by atoms with E-state index in [1.54, 1.807) is 0 Å². The molecule has 0 spiro atoms. The van der Waals surface area contributed by atoms with Gasteiger partial charge in [-0.15, -0.1) is 0 Å². The third-order valence-electron chi connectivity index (χ3n) is 0.524. The second-order valence-electron chi connectivity index (χ2n) is 1.30. The molecule has 16 heavy (non-hydrogen) atoms. The van der Waals surface area contributed by atoms with Crippen molar-refractivity contribution in [3.63, 3.8) is 0 Å². The standard InChI is InChI=1S/4CH3NO.2ClH.2Zr/c4*2-1-3;;;;/h4*1H,(H2,2,3);2*1H;;/q;;;;;;2*+3/p-6. The molecule has 0 saturated carbocycles. The second kappa shape index (κ2) is 29.5. The van der Waals surface area contributed by atoms with E-state index in [-0.39, 0.29) is 24.8 Å². The van der Waals surface area contributed by atoms with Gasteiger partial charge in [0.25, 0.3) is 0 Å². The van der Waals surface area contributed by atoms with Crippen LogP contribution in [0.5, 0.6) is 0 Å². The summed E-state index contributed by atoms with van der Waals surface area (Å²) in [6.45, 7) is 0. The van der Waals surface area contributed by atoms with E-state index >= 15 is 0 Å². The Morgan fingerprint density at radius 1 is 0.562 bits per heavy atom. The maximum Gasteiger partial charge on any atom is -1.00 e. The van der Waals surface area contributed by atoms with Crippen LogP contribution in [-0.4, -0.2) is 25.6 Å². The number of rotatable bonds is 8.